The maximum atomic E-state index is 13.2. The number of amides is 2. The van der Waals surface area contributed by atoms with Crippen molar-refractivity contribution in [2.24, 2.45) is 5.92 Å². The molecule has 7 heteroatoms. The Morgan fingerprint density at radius 2 is 1.62 bits per heavy atom. The van der Waals surface area contributed by atoms with E-state index in [9.17, 15) is 14.0 Å². The minimum absolute atomic E-state index is 0.0942. The van der Waals surface area contributed by atoms with Crippen LogP contribution in [0.4, 0.5) is 4.39 Å². The Labute approximate surface area is 185 Å². The van der Waals surface area contributed by atoms with Crippen LogP contribution in [-0.4, -0.2) is 26.5 Å². The SMILES string of the molecule is O=C1c2ccccc2C(=O)N1Cc1cc(OCc2ccc(F)cc2)n(CC2CCCC2)n1. The molecule has 0 bridgehead atoms. The van der Waals surface area contributed by atoms with Crippen molar-refractivity contribution in [3.05, 3.63) is 82.8 Å². The van der Waals surface area contributed by atoms with Gasteiger partial charge in [0.05, 0.1) is 23.4 Å². The van der Waals surface area contributed by atoms with Gasteiger partial charge < -0.3 is 4.74 Å². The van der Waals surface area contributed by atoms with Crippen molar-refractivity contribution in [3.63, 3.8) is 0 Å². The summed E-state index contributed by atoms with van der Waals surface area (Å²) in [5.41, 5.74) is 2.31. The molecule has 2 amide bonds. The number of halogens is 1. The molecule has 6 nitrogen and oxygen atoms in total. The fraction of sp³-hybridized carbons (Fsp3) is 0.320. The first-order chi connectivity index (χ1) is 15.6. The van der Waals surface area contributed by atoms with Crippen LogP contribution in [0.15, 0.2) is 54.6 Å². The molecule has 2 heterocycles. The Kier molecular flexibility index (Phi) is 5.47. The Bertz CT molecular complexity index is 1110. The molecule has 164 valence electrons. The molecule has 0 atom stereocenters. The summed E-state index contributed by atoms with van der Waals surface area (Å²) >= 11 is 0. The van der Waals surface area contributed by atoms with E-state index in [2.05, 4.69) is 5.10 Å². The van der Waals surface area contributed by atoms with Gasteiger partial charge in [-0.25, -0.2) is 9.07 Å². The van der Waals surface area contributed by atoms with Crippen molar-refractivity contribution in [3.8, 4) is 5.88 Å². The number of hydrogen-bond acceptors (Lipinski definition) is 4. The first kappa shape index (κ1) is 20.4. The van der Waals surface area contributed by atoms with Crippen LogP contribution in [0.5, 0.6) is 5.88 Å². The van der Waals surface area contributed by atoms with Crippen LogP contribution in [0.2, 0.25) is 0 Å². The lowest BCUT2D eigenvalue weighted by Gasteiger charge is -2.13. The zero-order valence-electron chi connectivity index (χ0n) is 17.7. The third-order valence-corrected chi connectivity index (χ3v) is 6.20. The summed E-state index contributed by atoms with van der Waals surface area (Å²) < 4.78 is 21.0. The normalized spacial score (nSPS) is 16.1. The molecule has 0 N–H and O–H groups in total. The maximum absolute atomic E-state index is 13.2. The number of imide groups is 1. The first-order valence-electron chi connectivity index (χ1n) is 11.0. The minimum atomic E-state index is -0.301. The molecule has 1 aliphatic carbocycles. The van der Waals surface area contributed by atoms with E-state index in [1.807, 2.05) is 4.68 Å². The third kappa shape index (κ3) is 4.02. The molecule has 0 spiro atoms. The molecule has 0 saturated heterocycles. The molecule has 0 unspecified atom stereocenters. The van der Waals surface area contributed by atoms with E-state index in [1.165, 1.54) is 29.9 Å². The Morgan fingerprint density at radius 3 is 2.28 bits per heavy atom. The van der Waals surface area contributed by atoms with E-state index in [0.29, 0.717) is 28.6 Å². The average Bonchev–Trinajstić information content (AvgIpc) is 3.51. The lowest BCUT2D eigenvalue weighted by molar-refractivity contribution is 0.0640. The number of benzene rings is 2. The zero-order valence-corrected chi connectivity index (χ0v) is 17.7. The Balaban J connectivity index is 1.36. The summed E-state index contributed by atoms with van der Waals surface area (Å²) in [5, 5.41) is 4.68. The van der Waals surface area contributed by atoms with Gasteiger partial charge in [-0.2, -0.15) is 5.10 Å². The van der Waals surface area contributed by atoms with Gasteiger partial charge >= 0.3 is 0 Å². The van der Waals surface area contributed by atoms with Crippen molar-refractivity contribution in [2.75, 3.05) is 0 Å². The van der Waals surface area contributed by atoms with E-state index in [-0.39, 0.29) is 30.8 Å². The maximum Gasteiger partial charge on any atom is 0.261 e. The highest BCUT2D eigenvalue weighted by Crippen LogP contribution is 2.29. The number of hydrogen-bond donors (Lipinski definition) is 0. The van der Waals surface area contributed by atoms with Gasteiger partial charge in [-0.3, -0.25) is 14.5 Å². The summed E-state index contributed by atoms with van der Waals surface area (Å²) in [5.74, 6) is 0.237. The molecule has 2 aromatic carbocycles. The van der Waals surface area contributed by atoms with Gasteiger partial charge in [-0.05, 0) is 48.6 Å². The predicted molar refractivity (Wildman–Crippen MR) is 116 cm³/mol. The lowest BCUT2D eigenvalue weighted by Crippen LogP contribution is -2.29. The Morgan fingerprint density at radius 1 is 0.969 bits per heavy atom. The molecular weight excluding hydrogens is 409 g/mol. The molecular formula is C25H24FN3O3. The van der Waals surface area contributed by atoms with Gasteiger partial charge in [-0.1, -0.05) is 37.1 Å². The van der Waals surface area contributed by atoms with Crippen LogP contribution in [-0.2, 0) is 19.7 Å². The Hall–Kier alpha value is -3.48. The summed E-state index contributed by atoms with van der Waals surface area (Å²) in [6, 6.07) is 14.8. The number of carbonyl (C=O) groups is 2. The van der Waals surface area contributed by atoms with Gasteiger partial charge in [0.25, 0.3) is 11.8 Å². The topological polar surface area (TPSA) is 64.4 Å². The van der Waals surface area contributed by atoms with Gasteiger partial charge in [-0.15, -0.1) is 0 Å². The molecule has 1 saturated carbocycles. The number of fused-ring (bicyclic) bond motifs is 1. The molecule has 3 aromatic rings. The average molecular weight is 433 g/mol. The molecule has 1 fully saturated rings. The van der Waals surface area contributed by atoms with Gasteiger partial charge in [0.1, 0.15) is 12.4 Å². The van der Waals surface area contributed by atoms with Crippen molar-refractivity contribution < 1.29 is 18.7 Å². The minimum Gasteiger partial charge on any atom is -0.473 e. The number of nitrogens with zero attached hydrogens (tertiary/aromatic N) is 3. The number of aromatic nitrogens is 2. The number of rotatable bonds is 7. The van der Waals surface area contributed by atoms with Crippen LogP contribution in [0.3, 0.4) is 0 Å². The largest absolute Gasteiger partial charge is 0.473 e. The molecule has 5 rings (SSSR count). The van der Waals surface area contributed by atoms with Crippen LogP contribution in [0.1, 0.15) is 57.7 Å². The van der Waals surface area contributed by atoms with Crippen LogP contribution >= 0.6 is 0 Å². The van der Waals surface area contributed by atoms with Crippen molar-refractivity contribution in [1.82, 2.24) is 14.7 Å². The van der Waals surface area contributed by atoms with Crippen molar-refractivity contribution in [1.29, 1.82) is 0 Å². The summed E-state index contributed by atoms with van der Waals surface area (Å²) in [4.78, 5) is 26.7. The standard InChI is InChI=1S/C25H24FN3O3/c26-19-11-9-18(10-12-19)16-32-23-13-20(27-29(23)14-17-5-1-2-6-17)15-28-24(30)21-7-3-4-8-22(21)25(28)31/h3-4,7-13,17H,1-2,5-6,14-16H2. The molecule has 0 radical (unpaired) electrons. The van der Waals surface area contributed by atoms with Crippen LogP contribution in [0, 0.1) is 11.7 Å². The smallest absolute Gasteiger partial charge is 0.261 e. The monoisotopic (exact) mass is 433 g/mol. The van der Waals surface area contributed by atoms with E-state index in [0.717, 1.165) is 24.9 Å². The quantitative estimate of drug-likeness (QED) is 0.512. The van der Waals surface area contributed by atoms with E-state index in [4.69, 9.17) is 4.74 Å². The molecule has 1 aliphatic heterocycles. The number of carbonyl (C=O) groups excluding carboxylic acids is 2. The summed E-state index contributed by atoms with van der Waals surface area (Å²) in [6.07, 6.45) is 4.76. The van der Waals surface area contributed by atoms with Gasteiger partial charge in [0.15, 0.2) is 0 Å². The second kappa shape index (κ2) is 8.57. The second-order valence-corrected chi connectivity index (χ2v) is 8.46. The highest BCUT2D eigenvalue weighted by atomic mass is 19.1. The lowest BCUT2D eigenvalue weighted by atomic mass is 10.1. The van der Waals surface area contributed by atoms with Gasteiger partial charge in [0.2, 0.25) is 5.88 Å². The molecule has 2 aliphatic rings. The highest BCUT2D eigenvalue weighted by molar-refractivity contribution is 6.21. The van der Waals surface area contributed by atoms with Crippen molar-refractivity contribution in [2.45, 2.75) is 45.4 Å². The summed E-state index contributed by atoms with van der Waals surface area (Å²) in [6.45, 7) is 1.11. The fourth-order valence-corrected chi connectivity index (χ4v) is 4.49. The van der Waals surface area contributed by atoms with E-state index >= 15 is 0 Å². The zero-order chi connectivity index (χ0) is 22.1. The van der Waals surface area contributed by atoms with Gasteiger partial charge in [0, 0.05) is 12.6 Å². The first-order valence-corrected chi connectivity index (χ1v) is 11.0. The highest BCUT2D eigenvalue weighted by Gasteiger charge is 2.35. The van der Waals surface area contributed by atoms with Crippen LogP contribution < -0.4 is 4.74 Å². The third-order valence-electron chi connectivity index (χ3n) is 6.20. The molecule has 32 heavy (non-hydrogen) atoms. The van der Waals surface area contributed by atoms with Crippen molar-refractivity contribution >= 4 is 11.8 Å². The predicted octanol–water partition coefficient (Wildman–Crippen LogP) is 4.59. The fourth-order valence-electron chi connectivity index (χ4n) is 4.49. The summed E-state index contributed by atoms with van der Waals surface area (Å²) in [7, 11) is 0. The van der Waals surface area contributed by atoms with Crippen LogP contribution in [0.25, 0.3) is 0 Å². The van der Waals surface area contributed by atoms with E-state index < -0.39 is 0 Å². The number of ether oxygens (including phenoxy) is 1. The second-order valence-electron chi connectivity index (χ2n) is 8.46. The molecule has 1 aromatic heterocycles. The van der Waals surface area contributed by atoms with E-state index in [1.54, 1.807) is 42.5 Å².